The second kappa shape index (κ2) is 5.57. The highest BCUT2D eigenvalue weighted by Crippen LogP contribution is 2.29. The summed E-state index contributed by atoms with van der Waals surface area (Å²) >= 11 is 3.03. The lowest BCUT2D eigenvalue weighted by atomic mass is 10.0. The Balaban J connectivity index is 1.94. The third kappa shape index (κ3) is 2.60. The van der Waals surface area contributed by atoms with Gasteiger partial charge in [-0.2, -0.15) is 4.98 Å². The molecule has 1 unspecified atom stereocenters. The van der Waals surface area contributed by atoms with Gasteiger partial charge in [-0.25, -0.2) is 8.78 Å². The van der Waals surface area contributed by atoms with E-state index in [1.54, 1.807) is 0 Å². The van der Waals surface area contributed by atoms with Crippen molar-refractivity contribution in [3.63, 3.8) is 0 Å². The third-order valence-electron chi connectivity index (χ3n) is 3.28. The first kappa shape index (κ1) is 13.6. The van der Waals surface area contributed by atoms with E-state index in [1.807, 2.05) is 0 Å². The molecule has 7 heteroatoms. The zero-order chi connectivity index (χ0) is 14.1. The van der Waals surface area contributed by atoms with Crippen LogP contribution in [0.3, 0.4) is 0 Å². The number of halogens is 3. The van der Waals surface area contributed by atoms with Crippen LogP contribution in [0.25, 0.3) is 11.5 Å². The molecule has 1 aliphatic heterocycles. The van der Waals surface area contributed by atoms with E-state index in [4.69, 9.17) is 4.52 Å². The van der Waals surface area contributed by atoms with Crippen molar-refractivity contribution >= 4 is 15.9 Å². The van der Waals surface area contributed by atoms with Gasteiger partial charge in [-0.05, 0) is 31.5 Å². The Labute approximate surface area is 122 Å². The Morgan fingerprint density at radius 3 is 2.65 bits per heavy atom. The number of rotatable bonds is 2. The highest BCUT2D eigenvalue weighted by molar-refractivity contribution is 9.10. The minimum absolute atomic E-state index is 0.0113. The van der Waals surface area contributed by atoms with Crippen molar-refractivity contribution in [3.05, 3.63) is 34.1 Å². The van der Waals surface area contributed by atoms with Crippen LogP contribution in [0, 0.1) is 11.6 Å². The maximum atomic E-state index is 13.8. The number of nitrogens with one attached hydrogen (secondary N) is 1. The summed E-state index contributed by atoms with van der Waals surface area (Å²) < 4.78 is 33.0. The number of hydrogen-bond acceptors (Lipinski definition) is 4. The molecule has 0 spiro atoms. The summed E-state index contributed by atoms with van der Waals surface area (Å²) in [7, 11) is 0. The van der Waals surface area contributed by atoms with Crippen LogP contribution in [0.1, 0.15) is 31.1 Å². The molecule has 1 aromatic heterocycles. The molecular weight excluding hydrogens is 332 g/mol. The van der Waals surface area contributed by atoms with Gasteiger partial charge in [-0.15, -0.1) is 0 Å². The summed E-state index contributed by atoms with van der Waals surface area (Å²) in [6, 6.07) is 2.32. The standard InChI is InChI=1S/C13H12BrF2N3O/c14-7-5-8(15)11(9(16)6-7)13-18-12(19-20-13)10-3-1-2-4-17-10/h5-6,10,17H,1-4H2. The fourth-order valence-electron chi connectivity index (χ4n) is 2.30. The van der Waals surface area contributed by atoms with Gasteiger partial charge in [0.05, 0.1) is 6.04 Å². The Bertz CT molecular complexity index is 603. The molecule has 1 N–H and O–H groups in total. The van der Waals surface area contributed by atoms with E-state index < -0.39 is 11.6 Å². The van der Waals surface area contributed by atoms with Crippen LogP contribution in [0.4, 0.5) is 8.78 Å². The molecule has 1 atom stereocenters. The molecule has 4 nitrogen and oxygen atoms in total. The second-order valence-corrected chi connectivity index (χ2v) is 5.62. The van der Waals surface area contributed by atoms with Crippen LogP contribution >= 0.6 is 15.9 Å². The van der Waals surface area contributed by atoms with E-state index >= 15 is 0 Å². The molecular formula is C13H12BrF2N3O. The van der Waals surface area contributed by atoms with Crippen molar-refractivity contribution in [1.82, 2.24) is 15.5 Å². The lowest BCUT2D eigenvalue weighted by Gasteiger charge is -2.19. The first-order valence-corrected chi connectivity index (χ1v) is 7.16. The van der Waals surface area contributed by atoms with Gasteiger partial charge in [-0.3, -0.25) is 0 Å². The first-order valence-electron chi connectivity index (χ1n) is 6.37. The normalized spacial score (nSPS) is 19.2. The highest BCUT2D eigenvalue weighted by Gasteiger charge is 2.24. The smallest absolute Gasteiger partial charge is 0.263 e. The Morgan fingerprint density at radius 2 is 2.00 bits per heavy atom. The topological polar surface area (TPSA) is 51.0 Å². The summed E-state index contributed by atoms with van der Waals surface area (Å²) in [6.07, 6.45) is 3.07. The van der Waals surface area contributed by atoms with Crippen molar-refractivity contribution in [3.8, 4) is 11.5 Å². The molecule has 0 amide bonds. The van der Waals surface area contributed by atoms with Crippen LogP contribution in [0.5, 0.6) is 0 Å². The van der Waals surface area contributed by atoms with Crippen molar-refractivity contribution < 1.29 is 13.3 Å². The highest BCUT2D eigenvalue weighted by atomic mass is 79.9. The van der Waals surface area contributed by atoms with Crippen molar-refractivity contribution in [2.45, 2.75) is 25.3 Å². The van der Waals surface area contributed by atoms with Crippen LogP contribution in [0.15, 0.2) is 21.1 Å². The molecule has 0 bridgehead atoms. The maximum Gasteiger partial charge on any atom is 0.263 e. The summed E-state index contributed by atoms with van der Waals surface area (Å²) in [4.78, 5) is 4.12. The first-order chi connectivity index (χ1) is 9.65. The molecule has 0 radical (unpaired) electrons. The predicted octanol–water partition coefficient (Wildman–Crippen LogP) is 3.59. The summed E-state index contributed by atoms with van der Waals surface area (Å²) in [6.45, 7) is 0.884. The van der Waals surface area contributed by atoms with Gasteiger partial charge in [-0.1, -0.05) is 27.5 Å². The van der Waals surface area contributed by atoms with Crippen molar-refractivity contribution in [2.24, 2.45) is 0 Å². The summed E-state index contributed by atoms with van der Waals surface area (Å²) in [5, 5.41) is 7.09. The van der Waals surface area contributed by atoms with Gasteiger partial charge >= 0.3 is 0 Å². The third-order valence-corrected chi connectivity index (χ3v) is 3.74. The number of benzene rings is 1. The number of nitrogens with zero attached hydrogens (tertiary/aromatic N) is 2. The maximum absolute atomic E-state index is 13.8. The van der Waals surface area contributed by atoms with Gasteiger partial charge in [0, 0.05) is 4.47 Å². The van der Waals surface area contributed by atoms with Crippen molar-refractivity contribution in [1.29, 1.82) is 0 Å². The fraction of sp³-hybridized carbons (Fsp3) is 0.385. The Kier molecular flexibility index (Phi) is 3.80. The molecule has 3 rings (SSSR count). The minimum atomic E-state index is -0.733. The van der Waals surface area contributed by atoms with E-state index in [0.717, 1.165) is 25.8 Å². The minimum Gasteiger partial charge on any atom is -0.334 e. The van der Waals surface area contributed by atoms with Crippen LogP contribution in [-0.4, -0.2) is 16.7 Å². The monoisotopic (exact) mass is 343 g/mol. The molecule has 20 heavy (non-hydrogen) atoms. The average Bonchev–Trinajstić information content (AvgIpc) is 2.88. The molecule has 1 fully saturated rings. The quantitative estimate of drug-likeness (QED) is 0.905. The largest absolute Gasteiger partial charge is 0.334 e. The molecule has 2 heterocycles. The number of hydrogen-bond donors (Lipinski definition) is 1. The van der Waals surface area contributed by atoms with Gasteiger partial charge < -0.3 is 9.84 Å². The van der Waals surface area contributed by atoms with Gasteiger partial charge in [0.25, 0.3) is 5.89 Å². The summed E-state index contributed by atoms with van der Waals surface area (Å²) in [5.41, 5.74) is -0.289. The van der Waals surface area contributed by atoms with E-state index in [1.165, 1.54) is 12.1 Å². The van der Waals surface area contributed by atoms with Gasteiger partial charge in [0.2, 0.25) is 0 Å². The fourth-order valence-corrected chi connectivity index (χ4v) is 2.70. The van der Waals surface area contributed by atoms with Crippen LogP contribution in [-0.2, 0) is 0 Å². The molecule has 106 valence electrons. The van der Waals surface area contributed by atoms with Crippen LogP contribution in [0.2, 0.25) is 0 Å². The van der Waals surface area contributed by atoms with Crippen LogP contribution < -0.4 is 5.32 Å². The SMILES string of the molecule is Fc1cc(Br)cc(F)c1-c1nc(C2CCCCN2)no1. The van der Waals surface area contributed by atoms with Crippen molar-refractivity contribution in [2.75, 3.05) is 6.54 Å². The molecule has 0 saturated carbocycles. The molecule has 0 aliphatic carbocycles. The molecule has 1 aromatic carbocycles. The summed E-state index contributed by atoms with van der Waals surface area (Å²) in [5.74, 6) is -1.15. The number of piperidine rings is 1. The molecule has 2 aromatic rings. The Hall–Kier alpha value is -1.34. The second-order valence-electron chi connectivity index (χ2n) is 4.70. The Morgan fingerprint density at radius 1 is 1.25 bits per heavy atom. The predicted molar refractivity (Wildman–Crippen MR) is 71.9 cm³/mol. The zero-order valence-electron chi connectivity index (χ0n) is 10.5. The lowest BCUT2D eigenvalue weighted by Crippen LogP contribution is -2.27. The number of aromatic nitrogens is 2. The van der Waals surface area contributed by atoms with Gasteiger partial charge in [0.1, 0.15) is 17.2 Å². The van der Waals surface area contributed by atoms with Gasteiger partial charge in [0.15, 0.2) is 5.82 Å². The average molecular weight is 344 g/mol. The lowest BCUT2D eigenvalue weighted by molar-refractivity contribution is 0.366. The van der Waals surface area contributed by atoms with E-state index in [-0.39, 0.29) is 17.5 Å². The zero-order valence-corrected chi connectivity index (χ0v) is 12.1. The molecule has 1 saturated heterocycles. The van der Waals surface area contributed by atoms with E-state index in [9.17, 15) is 8.78 Å². The molecule has 1 aliphatic rings. The van der Waals surface area contributed by atoms with E-state index in [2.05, 4.69) is 31.4 Å². The van der Waals surface area contributed by atoms with E-state index in [0.29, 0.717) is 10.3 Å².